The first-order valence-corrected chi connectivity index (χ1v) is 6.45. The summed E-state index contributed by atoms with van der Waals surface area (Å²) in [6, 6.07) is 5.53. The van der Waals surface area contributed by atoms with Crippen LogP contribution in [0.5, 0.6) is 0 Å². The van der Waals surface area contributed by atoms with Gasteiger partial charge in [0.1, 0.15) is 5.54 Å². The molecule has 1 aliphatic carbocycles. The number of fused-ring (bicyclic) bond motifs is 2. The summed E-state index contributed by atoms with van der Waals surface area (Å²) in [4.78, 5) is 23.5. The van der Waals surface area contributed by atoms with Gasteiger partial charge in [0.2, 0.25) is 0 Å². The van der Waals surface area contributed by atoms with Gasteiger partial charge in [-0.15, -0.1) is 0 Å². The Labute approximate surface area is 114 Å². The molecule has 2 heterocycles. The lowest BCUT2D eigenvalue weighted by Gasteiger charge is -2.21. The summed E-state index contributed by atoms with van der Waals surface area (Å²) in [6.07, 6.45) is 4.97. The maximum absolute atomic E-state index is 12.1. The highest BCUT2D eigenvalue weighted by Crippen LogP contribution is 2.40. The lowest BCUT2D eigenvalue weighted by molar-refractivity contribution is -0.124. The molecule has 4 rings (SSSR count). The number of urea groups is 1. The van der Waals surface area contributed by atoms with Crippen molar-refractivity contribution in [3.05, 3.63) is 41.7 Å². The van der Waals surface area contributed by atoms with Gasteiger partial charge in [0, 0.05) is 11.8 Å². The minimum absolute atomic E-state index is 0.252. The predicted octanol–water partition coefficient (Wildman–Crippen LogP) is 1.06. The van der Waals surface area contributed by atoms with Crippen LogP contribution in [0.4, 0.5) is 4.79 Å². The SMILES string of the molecule is O=C1NC(=O)[C@]2(CCc3cc(-c4cn[nH]c4)ccc32)N1. The Balaban J connectivity index is 1.81. The number of aryl methyl sites for hydroxylation is 1. The zero-order valence-corrected chi connectivity index (χ0v) is 10.6. The fourth-order valence-electron chi connectivity index (χ4n) is 3.12. The molecule has 6 heteroatoms. The maximum atomic E-state index is 12.1. The smallest absolute Gasteiger partial charge is 0.319 e. The number of carbonyl (C=O) groups is 2. The number of benzene rings is 1. The van der Waals surface area contributed by atoms with Crippen molar-refractivity contribution in [3.8, 4) is 11.1 Å². The monoisotopic (exact) mass is 268 g/mol. The highest BCUT2D eigenvalue weighted by Gasteiger charge is 2.51. The Bertz CT molecular complexity index is 723. The van der Waals surface area contributed by atoms with Crippen LogP contribution in [0.3, 0.4) is 0 Å². The second kappa shape index (κ2) is 3.69. The molecule has 1 aromatic carbocycles. The Morgan fingerprint density at radius 2 is 2.10 bits per heavy atom. The number of amides is 3. The Morgan fingerprint density at radius 1 is 1.20 bits per heavy atom. The Morgan fingerprint density at radius 3 is 2.80 bits per heavy atom. The molecule has 1 atom stereocenters. The molecule has 3 N–H and O–H groups in total. The molecule has 0 saturated carbocycles. The topological polar surface area (TPSA) is 86.9 Å². The summed E-state index contributed by atoms with van der Waals surface area (Å²) in [6.45, 7) is 0. The van der Waals surface area contributed by atoms with E-state index in [4.69, 9.17) is 0 Å². The Hall–Kier alpha value is -2.63. The van der Waals surface area contributed by atoms with E-state index >= 15 is 0 Å². The molecule has 0 radical (unpaired) electrons. The minimum atomic E-state index is -0.874. The van der Waals surface area contributed by atoms with E-state index < -0.39 is 11.6 Å². The molecular weight excluding hydrogens is 256 g/mol. The molecule has 0 unspecified atom stereocenters. The summed E-state index contributed by atoms with van der Waals surface area (Å²) < 4.78 is 0. The normalized spacial score (nSPS) is 23.8. The molecule has 3 amide bonds. The Kier molecular flexibility index (Phi) is 2.07. The minimum Gasteiger partial charge on any atom is -0.319 e. The maximum Gasteiger partial charge on any atom is 0.322 e. The van der Waals surface area contributed by atoms with E-state index in [9.17, 15) is 9.59 Å². The van der Waals surface area contributed by atoms with Gasteiger partial charge in [-0.25, -0.2) is 4.79 Å². The number of nitrogens with one attached hydrogen (secondary N) is 3. The number of nitrogens with zero attached hydrogens (tertiary/aromatic N) is 1. The summed E-state index contributed by atoms with van der Waals surface area (Å²) >= 11 is 0. The number of H-pyrrole nitrogens is 1. The molecule has 1 spiro atoms. The molecule has 1 saturated heterocycles. The zero-order chi connectivity index (χ0) is 13.7. The van der Waals surface area contributed by atoms with Gasteiger partial charge in [0.15, 0.2) is 0 Å². The first-order chi connectivity index (χ1) is 9.69. The van der Waals surface area contributed by atoms with Gasteiger partial charge in [-0.1, -0.05) is 18.2 Å². The number of hydrogen-bond acceptors (Lipinski definition) is 3. The lowest BCUT2D eigenvalue weighted by atomic mass is 9.91. The van der Waals surface area contributed by atoms with Crippen molar-refractivity contribution in [2.24, 2.45) is 0 Å². The molecule has 1 fully saturated rings. The van der Waals surface area contributed by atoms with E-state index in [1.165, 1.54) is 0 Å². The second-order valence-corrected chi connectivity index (χ2v) is 5.17. The highest BCUT2D eigenvalue weighted by molar-refractivity contribution is 6.08. The van der Waals surface area contributed by atoms with Crippen LogP contribution in [0.2, 0.25) is 0 Å². The third-order valence-electron chi connectivity index (χ3n) is 4.11. The number of rotatable bonds is 1. The van der Waals surface area contributed by atoms with E-state index in [1.54, 1.807) is 6.20 Å². The van der Waals surface area contributed by atoms with Crippen LogP contribution in [0.15, 0.2) is 30.6 Å². The summed E-state index contributed by atoms with van der Waals surface area (Å²) in [5, 5.41) is 11.8. The van der Waals surface area contributed by atoms with Crippen molar-refractivity contribution in [1.29, 1.82) is 0 Å². The van der Waals surface area contributed by atoms with E-state index in [1.807, 2.05) is 18.3 Å². The third kappa shape index (κ3) is 1.36. The molecule has 100 valence electrons. The quantitative estimate of drug-likeness (QED) is 0.676. The molecule has 1 aliphatic heterocycles. The van der Waals surface area contributed by atoms with Crippen LogP contribution in [0, 0.1) is 0 Å². The van der Waals surface area contributed by atoms with Gasteiger partial charge in [-0.05, 0) is 29.5 Å². The number of carbonyl (C=O) groups excluding carboxylic acids is 2. The summed E-state index contributed by atoms with van der Waals surface area (Å²) in [5.74, 6) is -0.252. The number of aromatic amines is 1. The van der Waals surface area contributed by atoms with Crippen LogP contribution in [-0.4, -0.2) is 22.1 Å². The van der Waals surface area contributed by atoms with Crippen LogP contribution < -0.4 is 10.6 Å². The zero-order valence-electron chi connectivity index (χ0n) is 10.6. The van der Waals surface area contributed by atoms with E-state index in [-0.39, 0.29) is 5.91 Å². The predicted molar refractivity (Wildman–Crippen MR) is 70.7 cm³/mol. The fraction of sp³-hybridized carbons (Fsp3) is 0.214. The fourth-order valence-corrected chi connectivity index (χ4v) is 3.12. The second-order valence-electron chi connectivity index (χ2n) is 5.17. The van der Waals surface area contributed by atoms with Crippen LogP contribution >= 0.6 is 0 Å². The van der Waals surface area contributed by atoms with Gasteiger partial charge in [0.25, 0.3) is 5.91 Å². The van der Waals surface area contributed by atoms with E-state index in [0.29, 0.717) is 6.42 Å². The molecule has 2 aliphatic rings. The molecular formula is C14H12N4O2. The summed E-state index contributed by atoms with van der Waals surface area (Å²) in [7, 11) is 0. The molecule has 6 nitrogen and oxygen atoms in total. The van der Waals surface area contributed by atoms with Crippen molar-refractivity contribution in [2.45, 2.75) is 18.4 Å². The average molecular weight is 268 g/mol. The van der Waals surface area contributed by atoms with Crippen molar-refractivity contribution in [3.63, 3.8) is 0 Å². The van der Waals surface area contributed by atoms with Gasteiger partial charge in [-0.3, -0.25) is 15.2 Å². The molecule has 0 bridgehead atoms. The first kappa shape index (κ1) is 11.2. The van der Waals surface area contributed by atoms with Gasteiger partial charge in [-0.2, -0.15) is 5.10 Å². The van der Waals surface area contributed by atoms with Crippen molar-refractivity contribution >= 4 is 11.9 Å². The third-order valence-corrected chi connectivity index (χ3v) is 4.11. The van der Waals surface area contributed by atoms with Crippen LogP contribution in [-0.2, 0) is 16.8 Å². The van der Waals surface area contributed by atoms with Gasteiger partial charge < -0.3 is 5.32 Å². The summed E-state index contributed by atoms with van der Waals surface area (Å²) in [5.41, 5.74) is 3.18. The highest BCUT2D eigenvalue weighted by atomic mass is 16.2. The largest absolute Gasteiger partial charge is 0.322 e. The number of aromatic nitrogens is 2. The first-order valence-electron chi connectivity index (χ1n) is 6.45. The number of imide groups is 1. The molecule has 1 aromatic heterocycles. The average Bonchev–Trinajstić information content (AvgIpc) is 3.12. The van der Waals surface area contributed by atoms with Crippen molar-refractivity contribution in [1.82, 2.24) is 20.8 Å². The van der Waals surface area contributed by atoms with Gasteiger partial charge in [0.05, 0.1) is 6.20 Å². The van der Waals surface area contributed by atoms with Crippen LogP contribution in [0.25, 0.3) is 11.1 Å². The lowest BCUT2D eigenvalue weighted by Crippen LogP contribution is -2.41. The molecule has 20 heavy (non-hydrogen) atoms. The van der Waals surface area contributed by atoms with E-state index in [2.05, 4.69) is 26.9 Å². The molecule has 2 aromatic rings. The van der Waals surface area contributed by atoms with Crippen LogP contribution in [0.1, 0.15) is 17.5 Å². The van der Waals surface area contributed by atoms with Gasteiger partial charge >= 0.3 is 6.03 Å². The van der Waals surface area contributed by atoms with Crippen molar-refractivity contribution in [2.75, 3.05) is 0 Å². The van der Waals surface area contributed by atoms with Crippen molar-refractivity contribution < 1.29 is 9.59 Å². The van der Waals surface area contributed by atoms with E-state index in [0.717, 1.165) is 28.7 Å². The number of hydrogen-bond donors (Lipinski definition) is 3. The standard InChI is InChI=1S/C14H12N4O2/c19-12-14(18-13(20)17-12)4-3-9-5-8(1-2-11(9)14)10-6-15-16-7-10/h1-2,5-7H,3-4H2,(H,15,16)(H2,17,18,19,20)/t14-/m1/s1.